The van der Waals surface area contributed by atoms with Gasteiger partial charge in [0.25, 0.3) is 0 Å². The van der Waals surface area contributed by atoms with Crippen molar-refractivity contribution < 1.29 is 43.8 Å². The molecule has 0 aromatic rings. The molecule has 0 radical (unpaired) electrons. The van der Waals surface area contributed by atoms with E-state index in [1.165, 1.54) is 0 Å². The Morgan fingerprint density at radius 2 is 1.09 bits per heavy atom. The molecule has 0 saturated heterocycles. The average molecular weight is 247 g/mol. The molecule has 0 amide bonds. The summed E-state index contributed by atoms with van der Waals surface area (Å²) in [4.78, 5) is 33.9. The van der Waals surface area contributed by atoms with Crippen molar-refractivity contribution in [2.24, 2.45) is 0 Å². The van der Waals surface area contributed by atoms with E-state index in [1.54, 1.807) is 0 Å². The van der Waals surface area contributed by atoms with Gasteiger partial charge < -0.3 is 34.6 Å². The minimum absolute atomic E-state index is 0. The van der Waals surface area contributed by atoms with Crippen LogP contribution in [0, 0.1) is 15.3 Å². The van der Waals surface area contributed by atoms with E-state index in [1.807, 2.05) is 0 Å². The van der Waals surface area contributed by atoms with Gasteiger partial charge in [0, 0.05) is 0 Å². The van der Waals surface area contributed by atoms with E-state index < -0.39 is 12.9 Å². The van der Waals surface area contributed by atoms with Crippen molar-refractivity contribution in [2.45, 2.75) is 0 Å². The Morgan fingerprint density at radius 1 is 1.09 bits per heavy atom. The van der Waals surface area contributed by atoms with Crippen molar-refractivity contribution in [3.8, 4) is 0 Å². The Bertz CT molecular complexity index is 118. The van der Waals surface area contributed by atoms with Crippen LogP contribution in [-0.2, 0) is 24.0 Å². The zero-order valence-electron chi connectivity index (χ0n) is 5.17. The monoisotopic (exact) mass is 245 g/mol. The summed E-state index contributed by atoms with van der Waals surface area (Å²) in [7, 11) is -5.39. The van der Waals surface area contributed by atoms with Gasteiger partial charge in [-0.3, -0.25) is 0 Å². The van der Waals surface area contributed by atoms with Crippen LogP contribution in [0.1, 0.15) is 0 Å². The van der Waals surface area contributed by atoms with Gasteiger partial charge in [-0.2, -0.15) is 7.82 Å². The van der Waals surface area contributed by atoms with Gasteiger partial charge in [0.1, 0.15) is 0 Å². The van der Waals surface area contributed by atoms with Crippen LogP contribution in [-0.4, -0.2) is 28.1 Å². The van der Waals surface area contributed by atoms with Crippen molar-refractivity contribution in [2.75, 3.05) is 0 Å². The van der Waals surface area contributed by atoms with Gasteiger partial charge in [-0.25, -0.2) is 0 Å². The van der Waals surface area contributed by atoms with Crippen molar-refractivity contribution in [3.63, 3.8) is 0 Å². The molecule has 0 atom stereocenters. The summed E-state index contributed by atoms with van der Waals surface area (Å²) in [6.45, 7) is 0. The van der Waals surface area contributed by atoms with E-state index in [9.17, 15) is 0 Å². The van der Waals surface area contributed by atoms with Crippen molar-refractivity contribution in [1.29, 1.82) is 0 Å². The molecule has 0 unspecified atom stereocenters. The van der Waals surface area contributed by atoms with Crippen molar-refractivity contribution >= 4 is 30.9 Å². The summed E-state index contributed by atoms with van der Waals surface area (Å²) in [6.07, 6.45) is 0. The number of nitrogens with zero attached hydrogens (tertiary/aromatic N) is 1. The molecule has 0 spiro atoms. The maximum atomic E-state index is 8.55. The van der Waals surface area contributed by atoms with Gasteiger partial charge >= 0.3 is 42.5 Å². The second-order valence-corrected chi connectivity index (χ2v) is 1.57. The smallest absolute Gasteiger partial charge is 0.822 e. The molecule has 0 aliphatic carbocycles. The Labute approximate surface area is 89.9 Å². The standard InChI is InChI=1S/Mg.NO3.H3O4P.Zn/c;2-1(3)4;1-5(2,3)4;/h;;(H3,1,2,3,4);/q+2;-1;;+2/p-3. The van der Waals surface area contributed by atoms with Gasteiger partial charge in [0.15, 0.2) is 0 Å². The van der Waals surface area contributed by atoms with Gasteiger partial charge in [-0.15, -0.1) is 0 Å². The third kappa shape index (κ3) is 1650. The predicted octanol–water partition coefficient (Wildman–Crippen LogP) is -3.45. The molecule has 0 aromatic carbocycles. The predicted molar refractivity (Wildman–Crippen MR) is 23.7 cm³/mol. The molecular formula is MgNO7PZn. The zero-order valence-corrected chi connectivity index (χ0v) is 10.4. The molecule has 8 nitrogen and oxygen atoms in total. The summed E-state index contributed by atoms with van der Waals surface area (Å²) in [5.74, 6) is 0. The van der Waals surface area contributed by atoms with Crippen LogP contribution in [0.2, 0.25) is 0 Å². The minimum Gasteiger partial charge on any atom is -0.822 e. The SMILES string of the molecule is O=P([O-])([O-])[O-].O=[N+]([O-])[O-].[Mg+2].[Zn+2]. The van der Waals surface area contributed by atoms with E-state index in [2.05, 4.69) is 0 Å². The third-order valence-electron chi connectivity index (χ3n) is 0. The van der Waals surface area contributed by atoms with Crippen LogP contribution in [0.15, 0.2) is 0 Å². The maximum absolute atomic E-state index is 8.55. The number of phosphoric acid groups is 1. The molecule has 0 fully saturated rings. The van der Waals surface area contributed by atoms with E-state index >= 15 is 0 Å². The topological polar surface area (TPSA) is 152 Å². The summed E-state index contributed by atoms with van der Waals surface area (Å²) >= 11 is 0. The van der Waals surface area contributed by atoms with Crippen LogP contribution in [0.3, 0.4) is 0 Å². The van der Waals surface area contributed by atoms with Gasteiger partial charge in [0.2, 0.25) is 0 Å². The summed E-state index contributed by atoms with van der Waals surface area (Å²) < 4.78 is 8.55. The van der Waals surface area contributed by atoms with Crippen LogP contribution >= 0.6 is 7.82 Å². The molecule has 0 saturated carbocycles. The fourth-order valence-corrected chi connectivity index (χ4v) is 0. The quantitative estimate of drug-likeness (QED) is 0.186. The molecule has 0 aliphatic heterocycles. The minimum atomic E-state index is -5.39. The first-order valence-electron chi connectivity index (χ1n) is 1.28. The molecule has 0 bridgehead atoms. The molecule has 11 heteroatoms. The van der Waals surface area contributed by atoms with Gasteiger partial charge in [-0.05, 0) is 0 Å². The van der Waals surface area contributed by atoms with Crippen LogP contribution in [0.4, 0.5) is 0 Å². The molecular weight excluding hydrogens is 247 g/mol. The fraction of sp³-hybridized carbons (Fsp3) is 0. The Kier molecular flexibility index (Phi) is 22.0. The van der Waals surface area contributed by atoms with E-state index in [0.717, 1.165) is 0 Å². The second kappa shape index (κ2) is 10.7. The molecule has 0 heterocycles. The first-order chi connectivity index (χ1) is 3.73. The van der Waals surface area contributed by atoms with E-state index in [0.29, 0.717) is 0 Å². The van der Waals surface area contributed by atoms with Gasteiger partial charge in [0.05, 0.1) is 5.09 Å². The molecule has 56 valence electrons. The maximum Gasteiger partial charge on any atom is 2.00 e. The molecule has 0 rings (SSSR count). The van der Waals surface area contributed by atoms with Crippen molar-refractivity contribution in [1.82, 2.24) is 0 Å². The number of hydrogen-bond donors (Lipinski definition) is 0. The van der Waals surface area contributed by atoms with Crippen LogP contribution in [0.25, 0.3) is 0 Å². The number of hydrogen-bond acceptors (Lipinski definition) is 7. The van der Waals surface area contributed by atoms with E-state index in [-0.39, 0.29) is 42.5 Å². The Hall–Kier alpha value is 0.700. The molecule has 11 heavy (non-hydrogen) atoms. The molecule has 0 aliphatic rings. The Morgan fingerprint density at radius 3 is 1.09 bits per heavy atom. The van der Waals surface area contributed by atoms with Gasteiger partial charge in [-0.1, -0.05) is 0 Å². The first kappa shape index (κ1) is 22.6. The summed E-state index contributed by atoms with van der Waals surface area (Å²) in [5, 5.41) is 14.8. The second-order valence-electron chi connectivity index (χ2n) is 0.671. The molecule has 0 aromatic heterocycles. The summed E-state index contributed by atoms with van der Waals surface area (Å²) in [5.41, 5.74) is 0. The number of rotatable bonds is 0. The first-order valence-corrected chi connectivity index (χ1v) is 2.74. The average Bonchev–Trinajstić information content (AvgIpc) is 1.19. The normalized spacial score (nSPS) is 7.55. The van der Waals surface area contributed by atoms with Crippen LogP contribution < -0.4 is 14.7 Å². The summed E-state index contributed by atoms with van der Waals surface area (Å²) in [6, 6.07) is 0. The Balaban J connectivity index is -0.0000000383. The van der Waals surface area contributed by atoms with Crippen LogP contribution in [0.5, 0.6) is 0 Å². The van der Waals surface area contributed by atoms with Crippen molar-refractivity contribution in [3.05, 3.63) is 15.3 Å². The third-order valence-corrected chi connectivity index (χ3v) is 0. The van der Waals surface area contributed by atoms with E-state index in [4.69, 9.17) is 34.6 Å². The largest absolute Gasteiger partial charge is 2.00 e. The molecule has 0 N–H and O–H groups in total. The zero-order chi connectivity index (χ0) is 8.08. The fourth-order valence-electron chi connectivity index (χ4n) is 0.